The molecule has 0 aromatic carbocycles. The first kappa shape index (κ1) is 3.92. The van der Waals surface area contributed by atoms with Gasteiger partial charge in [-0.3, -0.25) is 0 Å². The van der Waals surface area contributed by atoms with Gasteiger partial charge in [-0.25, -0.2) is 0 Å². The molecule has 8 heavy (non-hydrogen) atoms. The summed E-state index contributed by atoms with van der Waals surface area (Å²) < 4.78 is 0. The van der Waals surface area contributed by atoms with Crippen molar-refractivity contribution in [3.05, 3.63) is 0 Å². The van der Waals surface area contributed by atoms with E-state index in [4.69, 9.17) is 0 Å². The summed E-state index contributed by atoms with van der Waals surface area (Å²) >= 11 is 0. The summed E-state index contributed by atoms with van der Waals surface area (Å²) in [5, 5.41) is 0. The van der Waals surface area contributed by atoms with Crippen molar-refractivity contribution >= 4 is 0 Å². The molecule has 0 heteroatoms. The molecule has 4 rings (SSSR count). The first-order chi connectivity index (χ1) is 3.93. The molecule has 0 radical (unpaired) electrons. The topological polar surface area (TPSA) is 0 Å². The molecule has 4 aliphatic carbocycles. The van der Waals surface area contributed by atoms with Gasteiger partial charge in [-0.15, -0.1) is 0 Å². The molecule has 0 aromatic rings. The summed E-state index contributed by atoms with van der Waals surface area (Å²) in [4.78, 5) is 0. The Labute approximate surface area is 50.3 Å². The predicted octanol–water partition coefficient (Wildman–Crippen LogP) is 2.05. The number of rotatable bonds is 0. The molecule has 0 saturated heterocycles. The molecule has 0 aromatic heterocycles. The molecular formula is C8H12. The van der Waals surface area contributed by atoms with Crippen molar-refractivity contribution in [3.8, 4) is 0 Å². The molecule has 0 heterocycles. The van der Waals surface area contributed by atoms with Crippen molar-refractivity contribution in [2.75, 3.05) is 0 Å². The minimum atomic E-state index is 1.21. The Morgan fingerprint density at radius 2 is 0.750 bits per heavy atom. The van der Waals surface area contributed by atoms with E-state index in [1.807, 2.05) is 0 Å². The highest BCUT2D eigenvalue weighted by Crippen LogP contribution is 2.62. The van der Waals surface area contributed by atoms with Crippen molar-refractivity contribution in [2.24, 2.45) is 23.7 Å². The Balaban J connectivity index is 2.13. The standard InChI is InChI=1S/C8H12/c1-5-2-7-4-8(5)3-6(1)7/h5-8H,1-4H2/t5-,6+,7?,8?. The monoisotopic (exact) mass is 108 g/mol. The average molecular weight is 108 g/mol. The van der Waals surface area contributed by atoms with Crippen molar-refractivity contribution in [1.82, 2.24) is 0 Å². The molecule has 0 amide bonds. The molecule has 0 aliphatic heterocycles. The van der Waals surface area contributed by atoms with E-state index in [-0.39, 0.29) is 0 Å². The lowest BCUT2D eigenvalue weighted by molar-refractivity contribution is 0.457. The summed E-state index contributed by atoms with van der Waals surface area (Å²) in [6.07, 6.45) is 6.48. The van der Waals surface area contributed by atoms with Crippen LogP contribution in [0.25, 0.3) is 0 Å². The van der Waals surface area contributed by atoms with Gasteiger partial charge in [-0.1, -0.05) is 0 Å². The lowest BCUT2D eigenvalue weighted by atomic mass is 10.0. The van der Waals surface area contributed by atoms with Crippen molar-refractivity contribution in [2.45, 2.75) is 25.7 Å². The molecule has 0 nitrogen and oxygen atoms in total. The Bertz CT molecular complexity index is 88.0. The van der Waals surface area contributed by atoms with Crippen LogP contribution in [0.5, 0.6) is 0 Å². The lowest BCUT2D eigenvalue weighted by Crippen LogP contribution is -1.95. The first-order valence-electron chi connectivity index (χ1n) is 3.93. The smallest absolute Gasteiger partial charge is 0.0380 e. The van der Waals surface area contributed by atoms with Crippen LogP contribution in [-0.2, 0) is 0 Å². The highest BCUT2D eigenvalue weighted by Gasteiger charge is 2.52. The molecule has 4 bridgehead atoms. The fourth-order valence-corrected chi connectivity index (χ4v) is 3.48. The molecule has 4 fully saturated rings. The number of hydrogen-bond acceptors (Lipinski definition) is 0. The molecule has 0 spiro atoms. The van der Waals surface area contributed by atoms with Crippen LogP contribution in [0.3, 0.4) is 0 Å². The summed E-state index contributed by atoms with van der Waals surface area (Å²) in [6.45, 7) is 0. The molecule has 0 unspecified atom stereocenters. The van der Waals surface area contributed by atoms with Gasteiger partial charge in [0.05, 0.1) is 0 Å². The molecule has 0 N–H and O–H groups in total. The van der Waals surface area contributed by atoms with Gasteiger partial charge in [0.1, 0.15) is 0 Å². The first-order valence-corrected chi connectivity index (χ1v) is 3.93. The molecule has 44 valence electrons. The minimum Gasteiger partial charge on any atom is -0.0470 e. The van der Waals surface area contributed by atoms with Gasteiger partial charge in [0.25, 0.3) is 0 Å². The van der Waals surface area contributed by atoms with E-state index >= 15 is 0 Å². The Morgan fingerprint density at radius 3 is 0.875 bits per heavy atom. The van der Waals surface area contributed by atoms with E-state index in [1.165, 1.54) is 23.7 Å². The molecular weight excluding hydrogens is 96.1 g/mol. The summed E-state index contributed by atoms with van der Waals surface area (Å²) in [7, 11) is 0. The van der Waals surface area contributed by atoms with E-state index < -0.39 is 0 Å². The van der Waals surface area contributed by atoms with Crippen LogP contribution < -0.4 is 0 Å². The van der Waals surface area contributed by atoms with Crippen molar-refractivity contribution in [3.63, 3.8) is 0 Å². The summed E-state index contributed by atoms with van der Waals surface area (Å²) in [5.41, 5.74) is 0. The zero-order valence-electron chi connectivity index (χ0n) is 5.14. The van der Waals surface area contributed by atoms with Gasteiger partial charge < -0.3 is 0 Å². The summed E-state index contributed by atoms with van der Waals surface area (Å²) in [6, 6.07) is 0. The minimum absolute atomic E-state index is 1.21. The van der Waals surface area contributed by atoms with Crippen LogP contribution in [0, 0.1) is 23.7 Å². The van der Waals surface area contributed by atoms with Gasteiger partial charge in [-0.05, 0) is 49.4 Å². The largest absolute Gasteiger partial charge is 0.0470 e. The Morgan fingerprint density at radius 1 is 0.500 bits per heavy atom. The van der Waals surface area contributed by atoms with Crippen LogP contribution in [0.2, 0.25) is 0 Å². The number of hydrogen-bond donors (Lipinski definition) is 0. The summed E-state index contributed by atoms with van der Waals surface area (Å²) in [5.74, 6) is 4.85. The van der Waals surface area contributed by atoms with Gasteiger partial charge in [0, 0.05) is 0 Å². The second-order valence-corrected chi connectivity index (χ2v) is 3.98. The maximum absolute atomic E-state index is 1.62. The third kappa shape index (κ3) is 0.260. The predicted molar refractivity (Wildman–Crippen MR) is 32.4 cm³/mol. The fourth-order valence-electron chi connectivity index (χ4n) is 3.48. The van der Waals surface area contributed by atoms with Crippen LogP contribution in [-0.4, -0.2) is 0 Å². The van der Waals surface area contributed by atoms with E-state index in [9.17, 15) is 0 Å². The van der Waals surface area contributed by atoms with Gasteiger partial charge in [-0.2, -0.15) is 0 Å². The fraction of sp³-hybridized carbons (Fsp3) is 1.00. The molecule has 0 atom stereocenters. The SMILES string of the molecule is C1C2C[C@H]3C[C@H]2CC13. The van der Waals surface area contributed by atoms with Gasteiger partial charge in [0.15, 0.2) is 0 Å². The quantitative estimate of drug-likeness (QED) is 0.445. The van der Waals surface area contributed by atoms with Crippen LogP contribution in [0.1, 0.15) is 25.7 Å². The maximum Gasteiger partial charge on any atom is -0.0380 e. The second kappa shape index (κ2) is 0.984. The zero-order chi connectivity index (χ0) is 5.14. The Hall–Kier alpha value is 0. The highest BCUT2D eigenvalue weighted by atomic mass is 14.6. The molecule has 4 saturated carbocycles. The third-order valence-corrected chi connectivity index (χ3v) is 3.76. The van der Waals surface area contributed by atoms with Gasteiger partial charge >= 0.3 is 0 Å². The molecule has 4 aliphatic rings. The van der Waals surface area contributed by atoms with E-state index in [0.29, 0.717) is 0 Å². The van der Waals surface area contributed by atoms with Crippen molar-refractivity contribution < 1.29 is 0 Å². The maximum atomic E-state index is 1.62. The van der Waals surface area contributed by atoms with Crippen LogP contribution in [0.15, 0.2) is 0 Å². The van der Waals surface area contributed by atoms with E-state index in [2.05, 4.69) is 0 Å². The highest BCUT2D eigenvalue weighted by molar-refractivity contribution is 5.03. The lowest BCUT2D eigenvalue weighted by Gasteiger charge is -2.04. The normalized spacial score (nSPS) is 66.0. The van der Waals surface area contributed by atoms with E-state index in [1.54, 1.807) is 25.7 Å². The zero-order valence-corrected chi connectivity index (χ0v) is 5.14. The second-order valence-electron chi connectivity index (χ2n) is 3.98. The third-order valence-electron chi connectivity index (χ3n) is 3.76. The van der Waals surface area contributed by atoms with Crippen molar-refractivity contribution in [1.29, 1.82) is 0 Å². The van der Waals surface area contributed by atoms with Crippen LogP contribution >= 0.6 is 0 Å². The average Bonchev–Trinajstić information content (AvgIpc) is 2.21. The van der Waals surface area contributed by atoms with E-state index in [0.717, 1.165) is 0 Å². The van der Waals surface area contributed by atoms with Gasteiger partial charge in [0.2, 0.25) is 0 Å². The van der Waals surface area contributed by atoms with Crippen LogP contribution in [0.4, 0.5) is 0 Å². The Kier molecular flexibility index (Phi) is 0.482.